The van der Waals surface area contributed by atoms with Crippen LogP contribution in [0, 0.1) is 6.92 Å². The van der Waals surface area contributed by atoms with Gasteiger partial charge in [-0.3, -0.25) is 0 Å². The Morgan fingerprint density at radius 1 is 0.806 bits per heavy atom. The Morgan fingerprint density at radius 2 is 1.48 bits per heavy atom. The van der Waals surface area contributed by atoms with Crippen molar-refractivity contribution in [1.82, 2.24) is 19.9 Å². The van der Waals surface area contributed by atoms with Gasteiger partial charge in [-0.15, -0.1) is 0 Å². The van der Waals surface area contributed by atoms with E-state index in [1.54, 1.807) is 0 Å². The van der Waals surface area contributed by atoms with Crippen molar-refractivity contribution in [3.63, 3.8) is 0 Å². The molecule has 3 aromatic rings. The van der Waals surface area contributed by atoms with Crippen molar-refractivity contribution in [3.05, 3.63) is 64.3 Å². The number of rotatable bonds is 8. The van der Waals surface area contributed by atoms with E-state index in [9.17, 15) is 0 Å². The van der Waals surface area contributed by atoms with Crippen molar-refractivity contribution < 1.29 is 0 Å². The van der Waals surface area contributed by atoms with E-state index >= 15 is 0 Å². The highest BCUT2D eigenvalue weighted by Gasteiger charge is 2.30. The summed E-state index contributed by atoms with van der Waals surface area (Å²) in [4.78, 5) is 15.9. The van der Waals surface area contributed by atoms with Gasteiger partial charge in [-0.05, 0) is 50.5 Å². The molecule has 0 aromatic carbocycles. The first-order valence-corrected chi connectivity index (χ1v) is 11.7. The van der Waals surface area contributed by atoms with Crippen molar-refractivity contribution >= 4 is 0 Å². The first-order valence-electron chi connectivity index (χ1n) is 11.7. The van der Waals surface area contributed by atoms with Gasteiger partial charge in [0, 0.05) is 51.1 Å². The van der Waals surface area contributed by atoms with Gasteiger partial charge in [0.15, 0.2) is 0 Å². The SMILES string of the molecule is CCc1nc(C(C)(C)Cc2ccc(C(C)(C)C)[nH]2)c(CCC(C)(C)c2ccc(C)[nH]2)[nH]1. The molecule has 3 N–H and O–H groups in total. The number of aromatic nitrogens is 4. The number of hydrogen-bond donors (Lipinski definition) is 3. The van der Waals surface area contributed by atoms with Gasteiger partial charge in [0.25, 0.3) is 0 Å². The van der Waals surface area contributed by atoms with Crippen LogP contribution in [0.1, 0.15) is 102 Å². The van der Waals surface area contributed by atoms with Crippen LogP contribution < -0.4 is 0 Å². The molecule has 0 saturated carbocycles. The minimum absolute atomic E-state index is 0.0492. The first kappa shape index (κ1) is 23.4. The van der Waals surface area contributed by atoms with Crippen molar-refractivity contribution in [2.45, 2.75) is 104 Å². The molecule has 170 valence electrons. The summed E-state index contributed by atoms with van der Waals surface area (Å²) in [6.07, 6.45) is 3.94. The van der Waals surface area contributed by atoms with Gasteiger partial charge in [0.05, 0.1) is 5.69 Å². The second-order valence-corrected chi connectivity index (χ2v) is 11.5. The number of aryl methyl sites for hydroxylation is 3. The maximum atomic E-state index is 5.05. The van der Waals surface area contributed by atoms with Crippen LogP contribution in [0.15, 0.2) is 24.3 Å². The number of imidazole rings is 1. The highest BCUT2D eigenvalue weighted by atomic mass is 14.9. The molecule has 0 spiro atoms. The number of hydrogen-bond acceptors (Lipinski definition) is 1. The molecule has 0 fully saturated rings. The summed E-state index contributed by atoms with van der Waals surface area (Å²) in [5.41, 5.74) is 7.79. The Morgan fingerprint density at radius 3 is 2.03 bits per heavy atom. The number of aromatic amines is 3. The van der Waals surface area contributed by atoms with Crippen LogP contribution in [0.4, 0.5) is 0 Å². The molecule has 4 nitrogen and oxygen atoms in total. The average Bonchev–Trinajstić information content (AvgIpc) is 3.38. The minimum atomic E-state index is -0.0492. The first-order chi connectivity index (χ1) is 14.3. The lowest BCUT2D eigenvalue weighted by molar-refractivity contribution is 0.454. The van der Waals surface area contributed by atoms with Crippen molar-refractivity contribution in [1.29, 1.82) is 0 Å². The van der Waals surface area contributed by atoms with Crippen LogP contribution >= 0.6 is 0 Å². The van der Waals surface area contributed by atoms with Crippen LogP contribution in [-0.2, 0) is 35.5 Å². The Hall–Kier alpha value is -2.23. The molecule has 0 aliphatic heterocycles. The van der Waals surface area contributed by atoms with E-state index in [-0.39, 0.29) is 16.2 Å². The van der Waals surface area contributed by atoms with Crippen molar-refractivity contribution in [2.24, 2.45) is 0 Å². The highest BCUT2D eigenvalue weighted by Crippen LogP contribution is 2.33. The van der Waals surface area contributed by atoms with E-state index in [1.807, 2.05) is 0 Å². The van der Waals surface area contributed by atoms with Gasteiger partial charge in [0.2, 0.25) is 0 Å². The third-order valence-electron chi connectivity index (χ3n) is 6.55. The van der Waals surface area contributed by atoms with Gasteiger partial charge in [0.1, 0.15) is 5.82 Å². The van der Waals surface area contributed by atoms with Gasteiger partial charge in [-0.2, -0.15) is 0 Å². The molecule has 3 rings (SSSR count). The number of H-pyrrole nitrogens is 3. The Labute approximate surface area is 188 Å². The molecule has 0 amide bonds. The van der Waals surface area contributed by atoms with Crippen LogP contribution in [-0.4, -0.2) is 19.9 Å². The predicted octanol–water partition coefficient (Wildman–Crippen LogP) is 6.66. The fourth-order valence-electron chi connectivity index (χ4n) is 4.38. The highest BCUT2D eigenvalue weighted by molar-refractivity contribution is 5.29. The lowest BCUT2D eigenvalue weighted by atomic mass is 9.80. The zero-order valence-electron chi connectivity index (χ0n) is 21.1. The summed E-state index contributed by atoms with van der Waals surface area (Å²) in [7, 11) is 0. The van der Waals surface area contributed by atoms with Crippen LogP contribution in [0.2, 0.25) is 0 Å². The van der Waals surface area contributed by atoms with Crippen LogP contribution in [0.25, 0.3) is 0 Å². The lowest BCUT2D eigenvalue weighted by Gasteiger charge is -2.26. The second-order valence-electron chi connectivity index (χ2n) is 11.5. The Balaban J connectivity index is 1.82. The van der Waals surface area contributed by atoms with Crippen LogP contribution in [0.5, 0.6) is 0 Å². The molecule has 0 aliphatic rings. The van der Waals surface area contributed by atoms with E-state index in [2.05, 4.69) is 102 Å². The largest absolute Gasteiger partial charge is 0.362 e. The Bertz CT molecular complexity index is 1000. The van der Waals surface area contributed by atoms with Gasteiger partial charge in [-0.25, -0.2) is 4.98 Å². The van der Waals surface area contributed by atoms with E-state index in [0.717, 1.165) is 31.5 Å². The molecule has 0 unspecified atom stereocenters. The summed E-state index contributed by atoms with van der Waals surface area (Å²) >= 11 is 0. The summed E-state index contributed by atoms with van der Waals surface area (Å²) < 4.78 is 0. The van der Waals surface area contributed by atoms with Crippen molar-refractivity contribution in [3.8, 4) is 0 Å². The molecule has 0 bridgehead atoms. The predicted molar refractivity (Wildman–Crippen MR) is 131 cm³/mol. The fraction of sp³-hybridized carbons (Fsp3) is 0.593. The van der Waals surface area contributed by atoms with Crippen molar-refractivity contribution in [2.75, 3.05) is 0 Å². The summed E-state index contributed by atoms with van der Waals surface area (Å²) in [5.74, 6) is 1.09. The minimum Gasteiger partial charge on any atom is -0.362 e. The normalized spacial score (nSPS) is 13.2. The summed E-state index contributed by atoms with van der Waals surface area (Å²) in [5, 5.41) is 0. The maximum absolute atomic E-state index is 5.05. The average molecular weight is 423 g/mol. The molecule has 31 heavy (non-hydrogen) atoms. The standard InChI is InChI=1S/C27H42N4/c1-10-23-30-20(15-16-26(6,7)22-13-11-18(2)28-22)24(31-23)27(8,9)17-19-12-14-21(29-19)25(3,4)5/h11-14,28-29H,10,15-17H2,1-9H3,(H,30,31). The summed E-state index contributed by atoms with van der Waals surface area (Å²) in [6, 6.07) is 8.86. The second kappa shape index (κ2) is 8.37. The van der Waals surface area contributed by atoms with Gasteiger partial charge in [-0.1, -0.05) is 55.4 Å². The van der Waals surface area contributed by atoms with Gasteiger partial charge < -0.3 is 15.0 Å². The quantitative estimate of drug-likeness (QED) is 0.373. The van der Waals surface area contributed by atoms with Gasteiger partial charge >= 0.3 is 0 Å². The zero-order valence-corrected chi connectivity index (χ0v) is 21.1. The number of nitrogens with one attached hydrogen (secondary N) is 3. The maximum Gasteiger partial charge on any atom is 0.106 e. The molecular weight excluding hydrogens is 380 g/mol. The molecule has 0 radical (unpaired) electrons. The zero-order chi connectivity index (χ0) is 23.0. The molecule has 0 saturated heterocycles. The lowest BCUT2D eigenvalue weighted by Crippen LogP contribution is -2.25. The molecular formula is C27H42N4. The monoisotopic (exact) mass is 422 g/mol. The number of nitrogens with zero attached hydrogens (tertiary/aromatic N) is 1. The molecule has 0 atom stereocenters. The molecule has 4 heteroatoms. The van der Waals surface area contributed by atoms with E-state index in [1.165, 1.54) is 34.2 Å². The molecule has 3 aromatic heterocycles. The van der Waals surface area contributed by atoms with Crippen LogP contribution in [0.3, 0.4) is 0 Å². The summed E-state index contributed by atoms with van der Waals surface area (Å²) in [6.45, 7) is 20.3. The smallest absolute Gasteiger partial charge is 0.106 e. The van der Waals surface area contributed by atoms with E-state index < -0.39 is 0 Å². The third-order valence-corrected chi connectivity index (χ3v) is 6.55. The molecule has 3 heterocycles. The third kappa shape index (κ3) is 5.34. The van der Waals surface area contributed by atoms with E-state index in [0.29, 0.717) is 0 Å². The molecule has 0 aliphatic carbocycles. The van der Waals surface area contributed by atoms with E-state index in [4.69, 9.17) is 4.98 Å². The fourth-order valence-corrected chi connectivity index (χ4v) is 4.38. The Kier molecular flexibility index (Phi) is 6.32. The topological polar surface area (TPSA) is 60.3 Å².